The minimum Gasteiger partial charge on any atom is -0.344 e. The van der Waals surface area contributed by atoms with Crippen LogP contribution in [0.2, 0.25) is 5.02 Å². The van der Waals surface area contributed by atoms with Gasteiger partial charge in [0.05, 0.1) is 12.6 Å². The second-order valence-electron chi connectivity index (χ2n) is 9.47. The number of nitrogens with one attached hydrogen (secondary N) is 1. The van der Waals surface area contributed by atoms with Crippen LogP contribution in [0.5, 0.6) is 0 Å². The lowest BCUT2D eigenvalue weighted by atomic mass is 9.88. The van der Waals surface area contributed by atoms with E-state index in [1.165, 1.54) is 22.3 Å². The van der Waals surface area contributed by atoms with Gasteiger partial charge in [0.15, 0.2) is 0 Å². The molecule has 1 atom stereocenters. The number of benzene rings is 3. The second-order valence-corrected chi connectivity index (χ2v) is 9.91. The zero-order valence-corrected chi connectivity index (χ0v) is 19.8. The maximum absolute atomic E-state index is 6.25. The number of fused-ring (bicyclic) bond motifs is 3. The molecule has 3 aromatic carbocycles. The summed E-state index contributed by atoms with van der Waals surface area (Å²) in [5.41, 5.74) is 7.20. The Kier molecular flexibility index (Phi) is 5.80. The van der Waals surface area contributed by atoms with Crippen molar-refractivity contribution in [2.75, 3.05) is 6.61 Å². The van der Waals surface area contributed by atoms with Crippen LogP contribution < -0.4 is 5.32 Å². The Bertz CT molecular complexity index is 1140. The third-order valence-corrected chi connectivity index (χ3v) is 7.65. The van der Waals surface area contributed by atoms with Crippen molar-refractivity contribution >= 4 is 17.2 Å². The molecule has 5 heteroatoms. The predicted octanol–water partition coefficient (Wildman–Crippen LogP) is 6.70. The molecule has 2 fully saturated rings. The SMILES string of the molecule is C=C(c1ccc(Cl)cc1)C1COC2(CCC(NC3c4ccccc4-c4ccccc43)CC2)OO1. The molecule has 1 saturated carbocycles. The van der Waals surface area contributed by atoms with E-state index < -0.39 is 5.79 Å². The van der Waals surface area contributed by atoms with Gasteiger partial charge in [-0.3, -0.25) is 0 Å². The zero-order chi connectivity index (χ0) is 23.1. The molecule has 3 aromatic rings. The molecule has 1 heterocycles. The van der Waals surface area contributed by atoms with Crippen LogP contribution in [0, 0.1) is 0 Å². The average molecular weight is 474 g/mol. The lowest BCUT2D eigenvalue weighted by molar-refractivity contribution is -0.483. The maximum Gasteiger partial charge on any atom is 0.201 e. The van der Waals surface area contributed by atoms with E-state index in [9.17, 15) is 0 Å². The summed E-state index contributed by atoms with van der Waals surface area (Å²) in [6, 6.07) is 25.6. The van der Waals surface area contributed by atoms with Crippen molar-refractivity contribution in [1.29, 1.82) is 0 Å². The summed E-state index contributed by atoms with van der Waals surface area (Å²) in [5.74, 6) is -0.666. The Morgan fingerprint density at radius 2 is 1.50 bits per heavy atom. The van der Waals surface area contributed by atoms with Crippen LogP contribution in [0.4, 0.5) is 0 Å². The first kappa shape index (κ1) is 22.0. The van der Waals surface area contributed by atoms with Crippen molar-refractivity contribution in [3.8, 4) is 11.1 Å². The molecule has 4 nitrogen and oxygen atoms in total. The Hall–Kier alpha value is -2.47. The van der Waals surface area contributed by atoms with Crippen molar-refractivity contribution in [2.24, 2.45) is 0 Å². The molecule has 0 aromatic heterocycles. The molecule has 0 radical (unpaired) electrons. The van der Waals surface area contributed by atoms with Crippen LogP contribution in [-0.4, -0.2) is 24.5 Å². The summed E-state index contributed by atoms with van der Waals surface area (Å²) in [6.07, 6.45) is 3.19. The summed E-state index contributed by atoms with van der Waals surface area (Å²) in [7, 11) is 0. The topological polar surface area (TPSA) is 39.7 Å². The molecule has 34 heavy (non-hydrogen) atoms. The molecule has 1 aliphatic heterocycles. The summed E-state index contributed by atoms with van der Waals surface area (Å²) >= 11 is 6.00. The van der Waals surface area contributed by atoms with E-state index in [-0.39, 0.29) is 12.1 Å². The molecular weight excluding hydrogens is 446 g/mol. The molecule has 1 N–H and O–H groups in total. The number of ether oxygens (including phenoxy) is 1. The lowest BCUT2D eigenvalue weighted by Crippen LogP contribution is -2.50. The van der Waals surface area contributed by atoms with Gasteiger partial charge in [-0.15, -0.1) is 0 Å². The van der Waals surface area contributed by atoms with Crippen molar-refractivity contribution in [3.05, 3.63) is 101 Å². The van der Waals surface area contributed by atoms with Gasteiger partial charge in [0.2, 0.25) is 5.79 Å². The van der Waals surface area contributed by atoms with Crippen LogP contribution in [0.1, 0.15) is 48.4 Å². The maximum atomic E-state index is 6.25. The van der Waals surface area contributed by atoms with E-state index >= 15 is 0 Å². The summed E-state index contributed by atoms with van der Waals surface area (Å²) in [6.45, 7) is 4.61. The summed E-state index contributed by atoms with van der Waals surface area (Å²) in [5, 5.41) is 4.63. The smallest absolute Gasteiger partial charge is 0.201 e. The third-order valence-electron chi connectivity index (χ3n) is 7.40. The van der Waals surface area contributed by atoms with Gasteiger partial charge >= 0.3 is 0 Å². The fourth-order valence-electron chi connectivity index (χ4n) is 5.46. The largest absolute Gasteiger partial charge is 0.344 e. The van der Waals surface area contributed by atoms with E-state index in [4.69, 9.17) is 26.1 Å². The Morgan fingerprint density at radius 3 is 2.09 bits per heavy atom. The van der Waals surface area contributed by atoms with Gasteiger partial charge in [0.25, 0.3) is 0 Å². The molecule has 1 unspecified atom stereocenters. The molecule has 0 bridgehead atoms. The minimum absolute atomic E-state index is 0.225. The Balaban J connectivity index is 1.08. The molecule has 0 amide bonds. The summed E-state index contributed by atoms with van der Waals surface area (Å²) < 4.78 is 6.25. The number of hydrogen-bond donors (Lipinski definition) is 1. The van der Waals surface area contributed by atoms with Crippen LogP contribution in [0.3, 0.4) is 0 Å². The van der Waals surface area contributed by atoms with E-state index in [0.717, 1.165) is 36.8 Å². The van der Waals surface area contributed by atoms with Gasteiger partial charge in [-0.1, -0.05) is 78.8 Å². The van der Waals surface area contributed by atoms with Crippen molar-refractivity contribution in [1.82, 2.24) is 5.32 Å². The van der Waals surface area contributed by atoms with Gasteiger partial charge in [0.1, 0.15) is 6.10 Å². The Morgan fingerprint density at radius 1 is 0.882 bits per heavy atom. The first-order valence-electron chi connectivity index (χ1n) is 12.0. The third kappa shape index (κ3) is 4.00. The molecule has 3 aliphatic rings. The minimum atomic E-state index is -0.666. The monoisotopic (exact) mass is 473 g/mol. The van der Waals surface area contributed by atoms with Gasteiger partial charge in [0, 0.05) is 23.9 Å². The van der Waals surface area contributed by atoms with Gasteiger partial charge in [-0.05, 0) is 58.4 Å². The second kappa shape index (κ2) is 8.95. The standard InChI is InChI=1S/C29H28ClNO3/c1-19(20-10-12-21(30)13-11-20)27-18-32-29(34-33-27)16-14-22(15-17-29)31-28-25-8-4-2-6-23(25)24-7-3-5-9-26(24)28/h2-13,22,27-28,31H,1,14-18H2. The van der Waals surface area contributed by atoms with Crippen LogP contribution in [0.25, 0.3) is 16.7 Å². The average Bonchev–Trinajstić information content (AvgIpc) is 3.20. The highest BCUT2D eigenvalue weighted by molar-refractivity contribution is 6.30. The number of hydrogen-bond acceptors (Lipinski definition) is 4. The van der Waals surface area contributed by atoms with E-state index in [1.807, 2.05) is 24.3 Å². The van der Waals surface area contributed by atoms with E-state index in [1.54, 1.807) is 0 Å². The fraction of sp³-hybridized carbons (Fsp3) is 0.310. The first-order chi connectivity index (χ1) is 16.6. The lowest BCUT2D eigenvalue weighted by Gasteiger charge is -2.43. The van der Waals surface area contributed by atoms with E-state index in [2.05, 4.69) is 60.4 Å². The highest BCUT2D eigenvalue weighted by atomic mass is 35.5. The summed E-state index contributed by atoms with van der Waals surface area (Å²) in [4.78, 5) is 11.7. The molecule has 1 spiro atoms. The van der Waals surface area contributed by atoms with Gasteiger partial charge < -0.3 is 10.1 Å². The normalized spacial score (nSPS) is 26.3. The number of rotatable bonds is 4. The van der Waals surface area contributed by atoms with Gasteiger partial charge in [-0.25, -0.2) is 9.78 Å². The van der Waals surface area contributed by atoms with Gasteiger partial charge in [-0.2, -0.15) is 0 Å². The van der Waals surface area contributed by atoms with Crippen LogP contribution in [-0.2, 0) is 14.5 Å². The highest BCUT2D eigenvalue weighted by Gasteiger charge is 2.44. The van der Waals surface area contributed by atoms with E-state index in [0.29, 0.717) is 17.7 Å². The molecule has 174 valence electrons. The number of halogens is 1. The molecular formula is C29H28ClNO3. The highest BCUT2D eigenvalue weighted by Crippen LogP contribution is 2.45. The van der Waals surface area contributed by atoms with Crippen molar-refractivity contribution in [2.45, 2.75) is 49.7 Å². The predicted molar refractivity (Wildman–Crippen MR) is 134 cm³/mol. The zero-order valence-electron chi connectivity index (χ0n) is 19.0. The van der Waals surface area contributed by atoms with Crippen LogP contribution in [0.15, 0.2) is 79.4 Å². The quantitative estimate of drug-likeness (QED) is 0.428. The fourth-order valence-corrected chi connectivity index (χ4v) is 5.58. The van der Waals surface area contributed by atoms with Crippen molar-refractivity contribution < 1.29 is 14.5 Å². The first-order valence-corrected chi connectivity index (χ1v) is 12.4. The van der Waals surface area contributed by atoms with Crippen LogP contribution >= 0.6 is 11.6 Å². The molecule has 1 saturated heterocycles. The molecule has 6 rings (SSSR count). The molecule has 2 aliphatic carbocycles. The Labute approximate surface area is 205 Å². The van der Waals surface area contributed by atoms with Crippen molar-refractivity contribution in [3.63, 3.8) is 0 Å².